The van der Waals surface area contributed by atoms with Gasteiger partial charge in [-0.15, -0.1) is 0 Å². The maximum absolute atomic E-state index is 12.1. The smallest absolute Gasteiger partial charge is 0.408 e. The molecule has 21 heavy (non-hydrogen) atoms. The van der Waals surface area contributed by atoms with Gasteiger partial charge in [-0.3, -0.25) is 0 Å². The molecule has 2 rings (SSSR count). The van der Waals surface area contributed by atoms with E-state index in [0.29, 0.717) is 12.3 Å². The lowest BCUT2D eigenvalue weighted by Crippen LogP contribution is -2.52. The van der Waals surface area contributed by atoms with Crippen LogP contribution >= 0.6 is 0 Å². The van der Waals surface area contributed by atoms with E-state index in [9.17, 15) is 9.90 Å². The highest BCUT2D eigenvalue weighted by atomic mass is 16.6. The van der Waals surface area contributed by atoms with Gasteiger partial charge in [-0.2, -0.15) is 0 Å². The summed E-state index contributed by atoms with van der Waals surface area (Å²) in [4.78, 5) is 12.1. The lowest BCUT2D eigenvalue weighted by molar-refractivity contribution is 0.0364. The van der Waals surface area contributed by atoms with Crippen molar-refractivity contribution in [3.8, 4) is 0 Å². The highest BCUT2D eigenvalue weighted by Crippen LogP contribution is 2.41. The Labute approximate surface area is 126 Å². The molecule has 0 spiro atoms. The second-order valence-corrected chi connectivity index (χ2v) is 6.89. The first-order valence-electron chi connectivity index (χ1n) is 7.49. The Morgan fingerprint density at radius 3 is 2.71 bits per heavy atom. The molecule has 0 saturated heterocycles. The van der Waals surface area contributed by atoms with Crippen molar-refractivity contribution in [3.63, 3.8) is 0 Å². The molecule has 116 valence electrons. The second kappa shape index (κ2) is 5.68. The van der Waals surface area contributed by atoms with Crippen LogP contribution in [0.15, 0.2) is 24.3 Å². The first-order valence-corrected chi connectivity index (χ1v) is 7.49. The highest BCUT2D eigenvalue weighted by molar-refractivity contribution is 5.69. The van der Waals surface area contributed by atoms with Crippen LogP contribution in [0, 0.1) is 0 Å². The summed E-state index contributed by atoms with van der Waals surface area (Å²) < 4.78 is 5.35. The number of carbonyl (C=O) groups is 1. The molecule has 0 aromatic heterocycles. The van der Waals surface area contributed by atoms with Gasteiger partial charge < -0.3 is 15.2 Å². The fraction of sp³-hybridized carbons (Fsp3) is 0.588. The van der Waals surface area contributed by atoms with Crippen LogP contribution in [0.3, 0.4) is 0 Å². The molecule has 1 amide bonds. The Hall–Kier alpha value is -1.55. The number of hydrogen-bond acceptors (Lipinski definition) is 3. The maximum atomic E-state index is 12.1. The second-order valence-electron chi connectivity index (χ2n) is 6.89. The Morgan fingerprint density at radius 1 is 1.43 bits per heavy atom. The Balaban J connectivity index is 2.30. The number of nitrogens with one attached hydrogen (secondary N) is 1. The van der Waals surface area contributed by atoms with E-state index >= 15 is 0 Å². The summed E-state index contributed by atoms with van der Waals surface area (Å²) in [7, 11) is 0. The molecule has 1 aromatic carbocycles. The SMILES string of the molecule is CC1CCC(CO)(NC(=O)OC(C)(C)C)c2ccccc21. The van der Waals surface area contributed by atoms with E-state index < -0.39 is 17.2 Å². The third-order valence-corrected chi connectivity index (χ3v) is 4.02. The molecule has 0 radical (unpaired) electrons. The van der Waals surface area contributed by atoms with Gasteiger partial charge in [0, 0.05) is 0 Å². The third kappa shape index (κ3) is 3.38. The zero-order chi connectivity index (χ0) is 15.7. The largest absolute Gasteiger partial charge is 0.444 e. The lowest BCUT2D eigenvalue weighted by atomic mass is 9.73. The number of amides is 1. The fourth-order valence-corrected chi connectivity index (χ4v) is 2.95. The van der Waals surface area contributed by atoms with Crippen LogP contribution < -0.4 is 5.32 Å². The summed E-state index contributed by atoms with van der Waals surface area (Å²) in [6.07, 6.45) is 1.15. The monoisotopic (exact) mass is 291 g/mol. The normalized spacial score (nSPS) is 25.1. The third-order valence-electron chi connectivity index (χ3n) is 4.02. The molecule has 0 fully saturated rings. The first kappa shape index (κ1) is 15.8. The summed E-state index contributed by atoms with van der Waals surface area (Å²) in [6, 6.07) is 7.99. The minimum Gasteiger partial charge on any atom is -0.444 e. The van der Waals surface area contributed by atoms with Crippen molar-refractivity contribution >= 4 is 6.09 Å². The van der Waals surface area contributed by atoms with E-state index in [4.69, 9.17) is 4.74 Å². The molecule has 0 aliphatic heterocycles. The minimum absolute atomic E-state index is 0.129. The predicted octanol–water partition coefficient (Wildman–Crippen LogP) is 3.30. The standard InChI is InChI=1S/C17H25NO3/c1-12-9-10-17(11-19,14-8-6-5-7-13(12)14)18-15(20)21-16(2,3)4/h5-8,12,19H,9-11H2,1-4H3,(H,18,20). The molecule has 1 aliphatic carbocycles. The predicted molar refractivity (Wildman–Crippen MR) is 82.2 cm³/mol. The molecule has 0 heterocycles. The van der Waals surface area contributed by atoms with E-state index in [-0.39, 0.29) is 6.61 Å². The Kier molecular flexibility index (Phi) is 4.28. The van der Waals surface area contributed by atoms with Gasteiger partial charge in [0.15, 0.2) is 0 Å². The number of ether oxygens (including phenoxy) is 1. The molecule has 2 unspecified atom stereocenters. The fourth-order valence-electron chi connectivity index (χ4n) is 2.95. The van der Waals surface area contributed by atoms with Gasteiger partial charge in [0.25, 0.3) is 0 Å². The zero-order valence-electron chi connectivity index (χ0n) is 13.3. The van der Waals surface area contributed by atoms with E-state index in [0.717, 1.165) is 12.0 Å². The number of fused-ring (bicyclic) bond motifs is 1. The van der Waals surface area contributed by atoms with Crippen molar-refractivity contribution in [1.29, 1.82) is 0 Å². The summed E-state index contributed by atoms with van der Waals surface area (Å²) in [5.41, 5.74) is 0.888. The number of aliphatic hydroxyl groups is 1. The number of alkyl carbamates (subject to hydrolysis) is 1. The van der Waals surface area contributed by atoms with Crippen LogP contribution in [-0.4, -0.2) is 23.4 Å². The van der Waals surface area contributed by atoms with Crippen molar-refractivity contribution in [2.24, 2.45) is 0 Å². The summed E-state index contributed by atoms with van der Waals surface area (Å²) in [5, 5.41) is 12.9. The minimum atomic E-state index is -0.745. The van der Waals surface area contributed by atoms with Crippen LogP contribution in [0.5, 0.6) is 0 Å². The Morgan fingerprint density at radius 2 is 2.10 bits per heavy atom. The van der Waals surface area contributed by atoms with Gasteiger partial charge in [0.2, 0.25) is 0 Å². The average molecular weight is 291 g/mol. The van der Waals surface area contributed by atoms with Crippen molar-refractivity contribution in [2.75, 3.05) is 6.61 Å². The topological polar surface area (TPSA) is 58.6 Å². The van der Waals surface area contributed by atoms with Gasteiger partial charge in [-0.25, -0.2) is 4.79 Å². The number of benzene rings is 1. The molecule has 2 N–H and O–H groups in total. The molecule has 4 heteroatoms. The van der Waals surface area contributed by atoms with Gasteiger partial charge in [0.1, 0.15) is 5.60 Å². The van der Waals surface area contributed by atoms with E-state index in [2.05, 4.69) is 18.3 Å². The molecule has 1 aliphatic rings. The van der Waals surface area contributed by atoms with Crippen molar-refractivity contribution in [3.05, 3.63) is 35.4 Å². The van der Waals surface area contributed by atoms with Gasteiger partial charge in [0.05, 0.1) is 12.1 Å². The van der Waals surface area contributed by atoms with E-state index in [1.54, 1.807) is 0 Å². The van der Waals surface area contributed by atoms with Gasteiger partial charge >= 0.3 is 6.09 Å². The first-order chi connectivity index (χ1) is 9.77. The molecule has 0 bridgehead atoms. The van der Waals surface area contributed by atoms with Gasteiger partial charge in [-0.05, 0) is 50.7 Å². The number of carbonyl (C=O) groups excluding carboxylic acids is 1. The Bertz CT molecular complexity index is 521. The average Bonchev–Trinajstić information content (AvgIpc) is 2.40. The number of hydrogen-bond donors (Lipinski definition) is 2. The van der Waals surface area contributed by atoms with E-state index in [1.807, 2.05) is 39.0 Å². The van der Waals surface area contributed by atoms with Crippen molar-refractivity contribution in [1.82, 2.24) is 5.32 Å². The highest BCUT2D eigenvalue weighted by Gasteiger charge is 2.40. The molecule has 4 nitrogen and oxygen atoms in total. The summed E-state index contributed by atoms with van der Waals surface area (Å²) >= 11 is 0. The van der Waals surface area contributed by atoms with Crippen molar-refractivity contribution in [2.45, 2.75) is 57.6 Å². The van der Waals surface area contributed by atoms with Crippen LogP contribution in [0.25, 0.3) is 0 Å². The zero-order valence-corrected chi connectivity index (χ0v) is 13.3. The van der Waals surface area contributed by atoms with Crippen LogP contribution in [0.1, 0.15) is 57.6 Å². The maximum Gasteiger partial charge on any atom is 0.408 e. The molecular formula is C17H25NO3. The summed E-state index contributed by atoms with van der Waals surface area (Å²) in [6.45, 7) is 7.53. The van der Waals surface area contributed by atoms with Gasteiger partial charge in [-0.1, -0.05) is 31.2 Å². The lowest BCUT2D eigenvalue weighted by Gasteiger charge is -2.40. The summed E-state index contributed by atoms with van der Waals surface area (Å²) in [5.74, 6) is 0.432. The molecule has 0 saturated carbocycles. The molecular weight excluding hydrogens is 266 g/mol. The van der Waals surface area contributed by atoms with E-state index in [1.165, 1.54) is 5.56 Å². The molecule has 1 aromatic rings. The van der Waals surface area contributed by atoms with Crippen LogP contribution in [0.2, 0.25) is 0 Å². The molecule has 2 atom stereocenters. The quantitative estimate of drug-likeness (QED) is 0.879. The van der Waals surface area contributed by atoms with Crippen molar-refractivity contribution < 1.29 is 14.6 Å². The number of rotatable bonds is 2. The number of aliphatic hydroxyl groups excluding tert-OH is 1. The van der Waals surface area contributed by atoms with Crippen LogP contribution in [0.4, 0.5) is 4.79 Å². The van der Waals surface area contributed by atoms with Crippen LogP contribution in [-0.2, 0) is 10.3 Å².